The van der Waals surface area contributed by atoms with Gasteiger partial charge in [-0.15, -0.1) is 0 Å². The van der Waals surface area contributed by atoms with E-state index in [-0.39, 0.29) is 29.6 Å². The summed E-state index contributed by atoms with van der Waals surface area (Å²) in [6.45, 7) is 12.1. The van der Waals surface area contributed by atoms with Gasteiger partial charge in [0.15, 0.2) is 0 Å². The summed E-state index contributed by atoms with van der Waals surface area (Å²) in [6, 6.07) is 5.37. The van der Waals surface area contributed by atoms with Crippen LogP contribution in [0.5, 0.6) is 0 Å². The number of carbonyl (C=O) groups is 1. The van der Waals surface area contributed by atoms with Crippen molar-refractivity contribution in [3.05, 3.63) is 34.4 Å². The molecule has 0 aromatic heterocycles. The van der Waals surface area contributed by atoms with Gasteiger partial charge < -0.3 is 24.6 Å². The van der Waals surface area contributed by atoms with Crippen LogP contribution in [-0.4, -0.2) is 67.4 Å². The number of amides is 2. The standard InChI is InChI=1S/C24H35N3O3/c1-24(2,3)17-10-16-6-8-26(23(28)27-12-19-5-4-18(27)14-30-19)13-21(16)20(11-17)22-15-29-9-7-25-22/h10-11,18-19,22,25H,4-9,12-15H2,1-3H3/t18-,19-,22-/m0/s1. The maximum Gasteiger partial charge on any atom is 0.320 e. The molecule has 2 bridgehead atoms. The number of nitrogens with one attached hydrogen (secondary N) is 1. The Morgan fingerprint density at radius 3 is 2.70 bits per heavy atom. The molecule has 0 saturated carbocycles. The molecule has 4 fully saturated rings. The van der Waals surface area contributed by atoms with Crippen LogP contribution in [0.4, 0.5) is 4.79 Å². The molecule has 4 saturated heterocycles. The highest BCUT2D eigenvalue weighted by atomic mass is 16.5. The lowest BCUT2D eigenvalue weighted by Gasteiger charge is -2.47. The molecule has 0 aliphatic carbocycles. The van der Waals surface area contributed by atoms with Crippen molar-refractivity contribution in [1.29, 1.82) is 0 Å². The minimum Gasteiger partial charge on any atom is -0.378 e. The molecule has 1 N–H and O–H groups in total. The Kier molecular flexibility index (Phi) is 5.28. The monoisotopic (exact) mass is 413 g/mol. The fourth-order valence-corrected chi connectivity index (χ4v) is 5.34. The summed E-state index contributed by atoms with van der Waals surface area (Å²) in [7, 11) is 0. The van der Waals surface area contributed by atoms with Gasteiger partial charge in [0.05, 0.1) is 38.0 Å². The molecule has 1 aromatic rings. The third-order valence-corrected chi connectivity index (χ3v) is 7.24. The number of hydrogen-bond donors (Lipinski definition) is 1. The van der Waals surface area contributed by atoms with E-state index in [9.17, 15) is 4.79 Å². The molecule has 5 aliphatic heterocycles. The van der Waals surface area contributed by atoms with E-state index < -0.39 is 0 Å². The molecule has 0 radical (unpaired) electrons. The number of nitrogens with zero attached hydrogens (tertiary/aromatic N) is 2. The van der Waals surface area contributed by atoms with Gasteiger partial charge in [0.25, 0.3) is 0 Å². The van der Waals surface area contributed by atoms with Crippen LogP contribution >= 0.6 is 0 Å². The molecule has 5 aliphatic rings. The first-order valence-corrected chi connectivity index (χ1v) is 11.5. The summed E-state index contributed by atoms with van der Waals surface area (Å²) in [5.74, 6) is 0. The van der Waals surface area contributed by atoms with Crippen molar-refractivity contribution in [1.82, 2.24) is 15.1 Å². The van der Waals surface area contributed by atoms with Crippen LogP contribution in [0.15, 0.2) is 12.1 Å². The number of morpholine rings is 2. The Morgan fingerprint density at radius 2 is 2.07 bits per heavy atom. The van der Waals surface area contributed by atoms with Crippen LogP contribution in [0, 0.1) is 0 Å². The van der Waals surface area contributed by atoms with Crippen LogP contribution in [0.1, 0.15) is 61.9 Å². The van der Waals surface area contributed by atoms with E-state index in [0.717, 1.165) is 45.5 Å². The van der Waals surface area contributed by atoms with Gasteiger partial charge in [-0.2, -0.15) is 0 Å². The molecule has 5 heterocycles. The van der Waals surface area contributed by atoms with Gasteiger partial charge in [-0.05, 0) is 46.9 Å². The van der Waals surface area contributed by atoms with Crippen molar-refractivity contribution in [2.75, 3.05) is 39.5 Å². The number of hydrogen-bond acceptors (Lipinski definition) is 4. The van der Waals surface area contributed by atoms with Crippen molar-refractivity contribution in [2.24, 2.45) is 0 Å². The van der Waals surface area contributed by atoms with Gasteiger partial charge in [-0.3, -0.25) is 0 Å². The Morgan fingerprint density at radius 1 is 1.20 bits per heavy atom. The fourth-order valence-electron chi connectivity index (χ4n) is 5.34. The number of carbonyl (C=O) groups excluding carboxylic acids is 1. The van der Waals surface area contributed by atoms with Gasteiger partial charge in [0.2, 0.25) is 0 Å². The molecule has 1 aromatic carbocycles. The van der Waals surface area contributed by atoms with Gasteiger partial charge in [0.1, 0.15) is 0 Å². The Bertz CT molecular complexity index is 805. The molecule has 164 valence electrons. The Hall–Kier alpha value is -1.63. The van der Waals surface area contributed by atoms with E-state index in [1.807, 2.05) is 0 Å². The zero-order valence-corrected chi connectivity index (χ0v) is 18.6. The predicted molar refractivity (Wildman–Crippen MR) is 116 cm³/mol. The predicted octanol–water partition coefficient (Wildman–Crippen LogP) is 2.99. The quantitative estimate of drug-likeness (QED) is 0.769. The summed E-state index contributed by atoms with van der Waals surface area (Å²) in [4.78, 5) is 17.6. The lowest BCUT2D eigenvalue weighted by Crippen LogP contribution is -2.60. The third-order valence-electron chi connectivity index (χ3n) is 7.24. The van der Waals surface area contributed by atoms with Crippen LogP contribution in [-0.2, 0) is 27.9 Å². The van der Waals surface area contributed by atoms with Crippen molar-refractivity contribution in [3.8, 4) is 0 Å². The highest BCUT2D eigenvalue weighted by Crippen LogP contribution is 2.35. The summed E-state index contributed by atoms with van der Waals surface area (Å²) >= 11 is 0. The average molecular weight is 414 g/mol. The van der Waals surface area contributed by atoms with Crippen LogP contribution < -0.4 is 5.32 Å². The van der Waals surface area contributed by atoms with Gasteiger partial charge in [-0.25, -0.2) is 4.79 Å². The Balaban J connectivity index is 1.44. The summed E-state index contributed by atoms with van der Waals surface area (Å²) < 4.78 is 11.6. The first kappa shape index (κ1) is 20.3. The smallest absolute Gasteiger partial charge is 0.320 e. The average Bonchev–Trinajstić information content (AvgIpc) is 2.78. The molecule has 6 nitrogen and oxygen atoms in total. The second-order valence-electron chi connectivity index (χ2n) is 10.3. The van der Waals surface area contributed by atoms with Crippen molar-refractivity contribution in [2.45, 2.75) is 70.2 Å². The molecule has 2 amide bonds. The van der Waals surface area contributed by atoms with Crippen molar-refractivity contribution >= 4 is 6.03 Å². The van der Waals surface area contributed by atoms with E-state index in [1.165, 1.54) is 22.3 Å². The van der Waals surface area contributed by atoms with Crippen LogP contribution in [0.25, 0.3) is 0 Å². The fraction of sp³-hybridized carbons (Fsp3) is 0.708. The van der Waals surface area contributed by atoms with E-state index in [4.69, 9.17) is 9.47 Å². The molecule has 0 spiro atoms. The number of ether oxygens (including phenoxy) is 2. The third kappa shape index (κ3) is 3.74. The first-order chi connectivity index (χ1) is 14.4. The number of urea groups is 1. The normalized spacial score (nSPS) is 29.1. The number of benzene rings is 1. The summed E-state index contributed by atoms with van der Waals surface area (Å²) in [6.07, 6.45) is 3.31. The highest BCUT2D eigenvalue weighted by Gasteiger charge is 2.40. The molecular formula is C24H35N3O3. The zero-order chi connectivity index (χ0) is 20.9. The first-order valence-electron chi connectivity index (χ1n) is 11.5. The molecule has 0 unspecified atom stereocenters. The van der Waals surface area contributed by atoms with E-state index in [0.29, 0.717) is 19.8 Å². The maximum absolute atomic E-state index is 13.4. The van der Waals surface area contributed by atoms with Crippen LogP contribution in [0.2, 0.25) is 0 Å². The summed E-state index contributed by atoms with van der Waals surface area (Å²) in [5, 5.41) is 3.64. The van der Waals surface area contributed by atoms with Gasteiger partial charge in [-0.1, -0.05) is 32.9 Å². The minimum atomic E-state index is 0.0965. The SMILES string of the molecule is CC(C)(C)c1cc2c(c([C@@H]3COCCN3)c1)CN(C(=O)N1C[C@@H]3CC[C@H]1CO3)CC2. The largest absolute Gasteiger partial charge is 0.378 e. The summed E-state index contributed by atoms with van der Waals surface area (Å²) in [5.41, 5.74) is 5.51. The van der Waals surface area contributed by atoms with E-state index in [1.54, 1.807) is 0 Å². The number of fused-ring (bicyclic) bond motifs is 4. The molecule has 6 rings (SSSR count). The van der Waals surface area contributed by atoms with E-state index >= 15 is 0 Å². The second kappa shape index (κ2) is 7.81. The topological polar surface area (TPSA) is 54.0 Å². The minimum absolute atomic E-state index is 0.0965. The lowest BCUT2D eigenvalue weighted by atomic mass is 9.80. The van der Waals surface area contributed by atoms with Gasteiger partial charge in [0, 0.05) is 26.2 Å². The Labute approximate surface area is 179 Å². The van der Waals surface area contributed by atoms with Gasteiger partial charge >= 0.3 is 6.03 Å². The number of rotatable bonds is 1. The van der Waals surface area contributed by atoms with Crippen molar-refractivity contribution < 1.29 is 14.3 Å². The lowest BCUT2D eigenvalue weighted by molar-refractivity contribution is -0.0923. The number of piperidine rings is 1. The molecule has 3 atom stereocenters. The molecular weight excluding hydrogens is 378 g/mol. The van der Waals surface area contributed by atoms with Crippen molar-refractivity contribution in [3.63, 3.8) is 0 Å². The zero-order valence-electron chi connectivity index (χ0n) is 18.6. The highest BCUT2D eigenvalue weighted by molar-refractivity contribution is 5.75. The molecule has 6 heteroatoms. The maximum atomic E-state index is 13.4. The second-order valence-corrected chi connectivity index (χ2v) is 10.3. The van der Waals surface area contributed by atoms with E-state index in [2.05, 4.69) is 48.0 Å². The molecule has 30 heavy (non-hydrogen) atoms. The van der Waals surface area contributed by atoms with Crippen LogP contribution in [0.3, 0.4) is 0 Å².